The van der Waals surface area contributed by atoms with Crippen LogP contribution in [-0.2, 0) is 20.0 Å². The van der Waals surface area contributed by atoms with Crippen LogP contribution in [0.25, 0.3) is 10.4 Å². The van der Waals surface area contributed by atoms with Crippen LogP contribution in [0, 0.1) is 29.2 Å². The number of amides is 1. The van der Waals surface area contributed by atoms with Crippen molar-refractivity contribution in [1.29, 1.82) is 5.26 Å². The number of piperidine rings is 1. The first-order valence-electron chi connectivity index (χ1n) is 14.3. The molecule has 5 rings (SSSR count). The van der Waals surface area contributed by atoms with Crippen molar-refractivity contribution in [3.8, 4) is 6.19 Å². The van der Waals surface area contributed by atoms with E-state index in [1.54, 1.807) is 25.1 Å². The molecule has 1 unspecified atom stereocenters. The molecule has 2 aliphatic heterocycles. The smallest absolute Gasteiger partial charge is 0.330 e. The highest BCUT2D eigenvalue weighted by Crippen LogP contribution is 2.70. The monoisotopic (exact) mass is 565 g/mol. The fraction of sp³-hybridized carbons (Fsp3) is 0.679. The molecule has 2 aliphatic carbocycles. The second-order valence-corrected chi connectivity index (χ2v) is 11.6. The zero-order chi connectivity index (χ0) is 29.5. The van der Waals surface area contributed by atoms with Crippen LogP contribution in [0.2, 0.25) is 0 Å². The average molecular weight is 566 g/mol. The number of esters is 1. The molecule has 220 valence electrons. The van der Waals surface area contributed by atoms with Gasteiger partial charge in [0.2, 0.25) is 5.91 Å². The van der Waals surface area contributed by atoms with Crippen molar-refractivity contribution in [1.82, 2.24) is 20.9 Å². The molecule has 0 aromatic heterocycles. The minimum atomic E-state index is -1.61. The van der Waals surface area contributed by atoms with Crippen molar-refractivity contribution in [2.45, 2.75) is 67.4 Å². The van der Waals surface area contributed by atoms with Gasteiger partial charge in [-0.05, 0) is 63.2 Å². The number of rotatable bonds is 9. The van der Waals surface area contributed by atoms with Crippen molar-refractivity contribution < 1.29 is 19.4 Å². The summed E-state index contributed by atoms with van der Waals surface area (Å²) in [5.74, 6) is -1.34. The molecule has 0 radical (unpaired) electrons. The molecule has 1 aromatic carbocycles. The van der Waals surface area contributed by atoms with E-state index in [0.29, 0.717) is 25.1 Å². The number of nitrogens with zero attached hydrogens (tertiary/aromatic N) is 5. The van der Waals surface area contributed by atoms with Crippen molar-refractivity contribution >= 4 is 17.6 Å². The van der Waals surface area contributed by atoms with Crippen molar-refractivity contribution in [3.05, 3.63) is 40.3 Å². The number of carbonyl (C=O) groups excluding carboxylic acids is 2. The van der Waals surface area contributed by atoms with Crippen LogP contribution in [0.4, 0.5) is 5.69 Å². The van der Waals surface area contributed by atoms with Gasteiger partial charge in [0.25, 0.3) is 0 Å². The summed E-state index contributed by atoms with van der Waals surface area (Å²) in [6.45, 7) is 0.391. The maximum Gasteiger partial charge on any atom is 0.330 e. The lowest BCUT2D eigenvalue weighted by Crippen LogP contribution is -2.82. The van der Waals surface area contributed by atoms with Gasteiger partial charge in [-0.1, -0.05) is 36.2 Å². The molecule has 2 saturated carbocycles. The number of nitriles is 1. The highest BCUT2D eigenvalue weighted by atomic mass is 16.5. The Kier molecular flexibility index (Phi) is 7.65. The fourth-order valence-corrected chi connectivity index (χ4v) is 8.66. The molecule has 2 heterocycles. The third kappa shape index (κ3) is 3.93. The van der Waals surface area contributed by atoms with Crippen LogP contribution in [0.1, 0.15) is 50.5 Å². The number of likely N-dealkylation sites (N-methyl/N-ethyl adjacent to an activating group) is 2. The van der Waals surface area contributed by atoms with Gasteiger partial charge in [0.1, 0.15) is 11.4 Å². The molecule has 0 bridgehead atoms. The number of nitrogens with one attached hydrogen (secondary N) is 4. The number of fused-ring (bicyclic) bond motifs is 3. The molecule has 2 saturated heterocycles. The molecular weight excluding hydrogens is 526 g/mol. The first-order valence-corrected chi connectivity index (χ1v) is 14.3. The summed E-state index contributed by atoms with van der Waals surface area (Å²) < 4.78 is 5.42. The Morgan fingerprint density at radius 3 is 2.63 bits per heavy atom. The number of anilines is 1. The van der Waals surface area contributed by atoms with Gasteiger partial charge in [-0.3, -0.25) is 20.3 Å². The SMILES string of the molecule is CN[C@]1(O)CC[C@H]2CN(C#N)[C@@]3(c4ccccc4NC(=O)CCN=[N+]=[N-])NC3(C3CCCC3)[C@@H]2[C@@]1(NC)C(=O)OC. The molecule has 41 heavy (non-hydrogen) atoms. The molecule has 4 fully saturated rings. The number of para-hydroxylation sites is 1. The first-order chi connectivity index (χ1) is 19.8. The topological polar surface area (TPSA) is 197 Å². The molecule has 13 nitrogen and oxygen atoms in total. The van der Waals surface area contributed by atoms with Gasteiger partial charge < -0.3 is 20.5 Å². The average Bonchev–Trinajstić information content (AvgIpc) is 3.39. The summed E-state index contributed by atoms with van der Waals surface area (Å²) in [4.78, 5) is 31.3. The number of benzene rings is 1. The Hall–Kier alpha value is -3.40. The number of carbonyl (C=O) groups is 2. The second kappa shape index (κ2) is 10.8. The number of azide groups is 1. The van der Waals surface area contributed by atoms with E-state index in [9.17, 15) is 20.0 Å². The number of methoxy groups -OCH3 is 1. The largest absolute Gasteiger partial charge is 0.468 e. The Bertz CT molecular complexity index is 1290. The summed E-state index contributed by atoms with van der Waals surface area (Å²) in [5, 5.41) is 39.3. The summed E-state index contributed by atoms with van der Waals surface area (Å²) in [5.41, 5.74) is 4.90. The number of hydrogen-bond donors (Lipinski definition) is 5. The van der Waals surface area contributed by atoms with Crippen molar-refractivity contribution in [2.24, 2.45) is 22.9 Å². The minimum absolute atomic E-state index is 0.0136. The normalized spacial score (nSPS) is 35.8. The maximum atomic E-state index is 13.9. The second-order valence-electron chi connectivity index (χ2n) is 11.6. The van der Waals surface area contributed by atoms with E-state index in [1.807, 2.05) is 18.2 Å². The van der Waals surface area contributed by atoms with E-state index in [2.05, 4.69) is 37.5 Å². The highest BCUT2D eigenvalue weighted by molar-refractivity contribution is 5.92. The Labute approximate surface area is 239 Å². The van der Waals surface area contributed by atoms with E-state index in [-0.39, 0.29) is 30.7 Å². The molecule has 6 atom stereocenters. The molecule has 4 aliphatic rings. The standard InChI is InChI=1S/C28H39N9O4/c1-31-25(40)14-12-18-16-37(17-29)28(20-10-6-7-11-21(20)34-22(38)13-15-33-36-30)26(35-28,19-8-4-5-9-19)23(18)27(25,32-2)24(39)41-3/h6-7,10-11,18-19,23,31-32,35,40H,4-5,8-9,12-16H2,1-3H3,(H,34,38)/t18-,23+,25-,26?,27+,28+/m0/s1. The molecule has 0 spiro atoms. The molecule has 5 N–H and O–H groups in total. The zero-order valence-electron chi connectivity index (χ0n) is 23.8. The summed E-state index contributed by atoms with van der Waals surface area (Å²) >= 11 is 0. The van der Waals surface area contributed by atoms with Gasteiger partial charge in [-0.25, -0.2) is 4.79 Å². The highest BCUT2D eigenvalue weighted by Gasteiger charge is 2.86. The lowest BCUT2D eigenvalue weighted by molar-refractivity contribution is -0.199. The van der Waals surface area contributed by atoms with Gasteiger partial charge in [0, 0.05) is 41.6 Å². The number of ether oxygens (including phenoxy) is 1. The molecular formula is C28H39N9O4. The Morgan fingerprint density at radius 1 is 1.27 bits per heavy atom. The van der Waals surface area contributed by atoms with Crippen LogP contribution >= 0.6 is 0 Å². The number of aliphatic hydroxyl groups is 1. The summed E-state index contributed by atoms with van der Waals surface area (Å²) in [6, 6.07) is 7.39. The van der Waals surface area contributed by atoms with Gasteiger partial charge in [0.05, 0.1) is 12.6 Å². The van der Waals surface area contributed by atoms with E-state index < -0.39 is 34.4 Å². The third-order valence-corrected chi connectivity index (χ3v) is 10.2. The van der Waals surface area contributed by atoms with Crippen LogP contribution in [0.5, 0.6) is 0 Å². The van der Waals surface area contributed by atoms with Crippen LogP contribution in [0.3, 0.4) is 0 Å². The van der Waals surface area contributed by atoms with Gasteiger partial charge in [-0.2, -0.15) is 5.26 Å². The molecule has 1 amide bonds. The van der Waals surface area contributed by atoms with Crippen LogP contribution < -0.4 is 21.3 Å². The van der Waals surface area contributed by atoms with Gasteiger partial charge >= 0.3 is 5.97 Å². The first kappa shape index (κ1) is 29.1. The lowest BCUT2D eigenvalue weighted by atomic mass is 9.51. The number of hydrogen-bond acceptors (Lipinski definition) is 10. The quantitative estimate of drug-likeness (QED) is 0.0564. The lowest BCUT2D eigenvalue weighted by Gasteiger charge is -2.61. The van der Waals surface area contributed by atoms with E-state index in [4.69, 9.17) is 10.3 Å². The predicted octanol–water partition coefficient (Wildman–Crippen LogP) is 1.87. The van der Waals surface area contributed by atoms with Gasteiger partial charge in [-0.15, -0.1) is 0 Å². The summed E-state index contributed by atoms with van der Waals surface area (Å²) in [6.07, 6.45) is 7.20. The van der Waals surface area contributed by atoms with Crippen LogP contribution in [0.15, 0.2) is 29.4 Å². The third-order valence-electron chi connectivity index (χ3n) is 10.2. The van der Waals surface area contributed by atoms with E-state index in [0.717, 1.165) is 31.2 Å². The van der Waals surface area contributed by atoms with Crippen molar-refractivity contribution in [3.63, 3.8) is 0 Å². The molecule has 1 aromatic rings. The van der Waals surface area contributed by atoms with E-state index >= 15 is 0 Å². The Balaban J connectivity index is 1.71. The minimum Gasteiger partial charge on any atom is -0.468 e. The van der Waals surface area contributed by atoms with Gasteiger partial charge in [0.15, 0.2) is 11.7 Å². The predicted molar refractivity (Wildman–Crippen MR) is 150 cm³/mol. The maximum absolute atomic E-state index is 13.9. The van der Waals surface area contributed by atoms with Crippen molar-refractivity contribution in [2.75, 3.05) is 39.6 Å². The van der Waals surface area contributed by atoms with E-state index in [1.165, 1.54) is 7.11 Å². The Morgan fingerprint density at radius 2 is 2.00 bits per heavy atom. The summed E-state index contributed by atoms with van der Waals surface area (Å²) in [7, 11) is 4.67. The van der Waals surface area contributed by atoms with Crippen LogP contribution in [-0.4, -0.2) is 73.0 Å². The molecule has 13 heteroatoms. The zero-order valence-corrected chi connectivity index (χ0v) is 23.8. The number of likely N-dealkylation sites (tertiary alicyclic amines) is 1. The fourth-order valence-electron chi connectivity index (χ4n) is 8.66.